The fraction of sp³-hybridized carbons (Fsp3) is 0.292. The second kappa shape index (κ2) is 9.37. The average Bonchev–Trinajstić information content (AvgIpc) is 3.52. The van der Waals surface area contributed by atoms with Crippen molar-refractivity contribution in [3.63, 3.8) is 0 Å². The standard InChI is InChI=1S/C24H21Cl2FN4O3/c1-2-21(32)28-9-13-10-34-20-8-19-16(7-15(13)20)24(29-12-31(19)14-5-6-33-11-14)30-18-4-3-17(25)22(26)23(18)27/h2-4,7-8,12-14H,1,5-6,9-11H2,(H,28,32)/t13?,14-/m0/s1. The molecule has 0 saturated carbocycles. The van der Waals surface area contributed by atoms with Crippen molar-refractivity contribution in [3.05, 3.63) is 70.2 Å². The summed E-state index contributed by atoms with van der Waals surface area (Å²) in [6, 6.07) is 6.98. The van der Waals surface area contributed by atoms with Gasteiger partial charge in [0.2, 0.25) is 5.91 Å². The molecule has 176 valence electrons. The smallest absolute Gasteiger partial charge is 0.243 e. The molecule has 0 bridgehead atoms. The van der Waals surface area contributed by atoms with Crippen LogP contribution in [0.5, 0.6) is 5.75 Å². The fourth-order valence-electron chi connectivity index (χ4n) is 4.25. The summed E-state index contributed by atoms with van der Waals surface area (Å²) in [7, 11) is 0. The number of benzene rings is 2. The van der Waals surface area contributed by atoms with E-state index in [4.69, 9.17) is 32.7 Å². The predicted octanol–water partition coefficient (Wildman–Crippen LogP) is 4.45. The van der Waals surface area contributed by atoms with E-state index < -0.39 is 5.82 Å². The maximum atomic E-state index is 14.7. The summed E-state index contributed by atoms with van der Waals surface area (Å²) in [5.41, 5.74) is 2.15. The van der Waals surface area contributed by atoms with E-state index in [1.807, 2.05) is 16.7 Å². The Balaban J connectivity index is 1.67. The molecule has 3 aromatic rings. The number of hydrogen-bond acceptors (Lipinski definition) is 5. The zero-order valence-corrected chi connectivity index (χ0v) is 19.6. The van der Waals surface area contributed by atoms with E-state index in [1.165, 1.54) is 18.2 Å². The van der Waals surface area contributed by atoms with Gasteiger partial charge in [0.15, 0.2) is 11.3 Å². The van der Waals surface area contributed by atoms with E-state index in [-0.39, 0.29) is 33.6 Å². The lowest BCUT2D eigenvalue weighted by Crippen LogP contribution is -2.27. The topological polar surface area (TPSA) is 77.7 Å². The first kappa shape index (κ1) is 22.8. The number of amides is 1. The fourth-order valence-corrected chi connectivity index (χ4v) is 4.56. The molecule has 2 atom stereocenters. The summed E-state index contributed by atoms with van der Waals surface area (Å²) < 4.78 is 28.3. The molecule has 1 aromatic heterocycles. The van der Waals surface area contributed by atoms with Crippen molar-refractivity contribution in [2.24, 2.45) is 4.99 Å². The Hall–Kier alpha value is -2.94. The van der Waals surface area contributed by atoms with E-state index in [0.717, 1.165) is 28.6 Å². The van der Waals surface area contributed by atoms with Crippen molar-refractivity contribution in [2.45, 2.75) is 18.4 Å². The Kier molecular flexibility index (Phi) is 6.29. The number of fused-ring (bicyclic) bond motifs is 2. The molecule has 1 unspecified atom stereocenters. The maximum absolute atomic E-state index is 14.7. The van der Waals surface area contributed by atoms with Crippen LogP contribution in [0.2, 0.25) is 10.0 Å². The van der Waals surface area contributed by atoms with Crippen molar-refractivity contribution in [2.75, 3.05) is 26.4 Å². The summed E-state index contributed by atoms with van der Waals surface area (Å²) >= 11 is 11.9. The largest absolute Gasteiger partial charge is 0.493 e. The highest BCUT2D eigenvalue weighted by Gasteiger charge is 2.27. The molecule has 2 aliphatic heterocycles. The van der Waals surface area contributed by atoms with Crippen molar-refractivity contribution in [1.29, 1.82) is 0 Å². The van der Waals surface area contributed by atoms with Gasteiger partial charge in [0.05, 0.1) is 41.1 Å². The third kappa shape index (κ3) is 4.17. The number of carbonyl (C=O) groups excluding carboxylic acids is 1. The van der Waals surface area contributed by atoms with Gasteiger partial charge in [-0.15, -0.1) is 0 Å². The normalized spacial score (nSPS) is 19.8. The van der Waals surface area contributed by atoms with Crippen LogP contribution in [0.1, 0.15) is 23.9 Å². The Morgan fingerprint density at radius 3 is 2.97 bits per heavy atom. The van der Waals surface area contributed by atoms with Gasteiger partial charge in [0.25, 0.3) is 0 Å². The summed E-state index contributed by atoms with van der Waals surface area (Å²) in [6.07, 6.45) is 3.78. The third-order valence-corrected chi connectivity index (χ3v) is 6.86. The molecule has 1 fully saturated rings. The molecule has 10 heteroatoms. The highest BCUT2D eigenvalue weighted by Crippen LogP contribution is 2.37. The summed E-state index contributed by atoms with van der Waals surface area (Å²) in [5, 5.41) is 3.47. The van der Waals surface area contributed by atoms with E-state index in [1.54, 1.807) is 6.33 Å². The lowest BCUT2D eigenvalue weighted by molar-refractivity contribution is -0.116. The van der Waals surface area contributed by atoms with Gasteiger partial charge >= 0.3 is 0 Å². The Labute approximate surface area is 204 Å². The van der Waals surface area contributed by atoms with Crippen LogP contribution in [0, 0.1) is 5.82 Å². The quantitative estimate of drug-likeness (QED) is 0.412. The van der Waals surface area contributed by atoms with Crippen LogP contribution in [-0.4, -0.2) is 41.8 Å². The first-order valence-corrected chi connectivity index (χ1v) is 11.6. The van der Waals surface area contributed by atoms with Gasteiger partial charge in [-0.2, -0.15) is 0 Å². The number of halogens is 3. The Bertz CT molecular complexity index is 1370. The van der Waals surface area contributed by atoms with Gasteiger partial charge in [0.1, 0.15) is 11.4 Å². The summed E-state index contributed by atoms with van der Waals surface area (Å²) in [4.78, 5) is 20.7. The van der Waals surface area contributed by atoms with Crippen LogP contribution < -0.4 is 15.5 Å². The predicted molar refractivity (Wildman–Crippen MR) is 127 cm³/mol. The zero-order valence-electron chi connectivity index (χ0n) is 18.1. The number of rotatable bonds is 5. The molecule has 2 aliphatic rings. The van der Waals surface area contributed by atoms with Gasteiger partial charge in [0, 0.05) is 36.1 Å². The minimum Gasteiger partial charge on any atom is -0.493 e. The van der Waals surface area contributed by atoms with Gasteiger partial charge in [-0.3, -0.25) is 4.79 Å². The van der Waals surface area contributed by atoms with Crippen LogP contribution in [-0.2, 0) is 9.53 Å². The monoisotopic (exact) mass is 502 g/mol. The molecule has 2 aromatic carbocycles. The maximum Gasteiger partial charge on any atom is 0.243 e. The van der Waals surface area contributed by atoms with Crippen LogP contribution in [0.15, 0.2) is 48.2 Å². The van der Waals surface area contributed by atoms with E-state index in [0.29, 0.717) is 31.9 Å². The van der Waals surface area contributed by atoms with Crippen LogP contribution in [0.4, 0.5) is 10.1 Å². The van der Waals surface area contributed by atoms with E-state index >= 15 is 0 Å². The molecule has 3 heterocycles. The van der Waals surface area contributed by atoms with Crippen LogP contribution in [0.3, 0.4) is 0 Å². The van der Waals surface area contributed by atoms with Gasteiger partial charge in [-0.1, -0.05) is 29.8 Å². The molecule has 7 nitrogen and oxygen atoms in total. The number of nitrogens with one attached hydrogen (secondary N) is 1. The first-order valence-electron chi connectivity index (χ1n) is 10.8. The van der Waals surface area contributed by atoms with Crippen molar-refractivity contribution < 1.29 is 18.7 Å². The number of aromatic nitrogens is 2. The number of ether oxygens (including phenoxy) is 2. The summed E-state index contributed by atoms with van der Waals surface area (Å²) in [6.45, 7) is 5.56. The molecule has 34 heavy (non-hydrogen) atoms. The molecule has 1 amide bonds. The van der Waals surface area contributed by atoms with E-state index in [2.05, 4.69) is 21.9 Å². The van der Waals surface area contributed by atoms with Crippen molar-refractivity contribution in [1.82, 2.24) is 14.9 Å². The van der Waals surface area contributed by atoms with Gasteiger partial charge in [-0.05, 0) is 30.7 Å². The number of hydrogen-bond donors (Lipinski definition) is 1. The lowest BCUT2D eigenvalue weighted by Gasteiger charge is -2.17. The minimum absolute atomic E-state index is 0.0386. The minimum atomic E-state index is -0.709. The average molecular weight is 503 g/mol. The zero-order chi connectivity index (χ0) is 23.8. The van der Waals surface area contributed by atoms with Crippen LogP contribution >= 0.6 is 23.2 Å². The molecule has 0 radical (unpaired) electrons. The SMILES string of the molecule is C=CC(=O)NCC1COc2cc3c(cc21)c(=Nc1ccc(Cl)c(Cl)c1F)ncn3[C@H]1CCOC1. The molecule has 0 spiro atoms. The highest BCUT2D eigenvalue weighted by molar-refractivity contribution is 6.42. The first-order chi connectivity index (χ1) is 16.5. The number of carbonyl (C=O) groups is 1. The highest BCUT2D eigenvalue weighted by atomic mass is 35.5. The van der Waals surface area contributed by atoms with Gasteiger partial charge in [-0.25, -0.2) is 14.4 Å². The molecule has 0 aliphatic carbocycles. The Morgan fingerprint density at radius 1 is 1.35 bits per heavy atom. The second-order valence-electron chi connectivity index (χ2n) is 8.16. The van der Waals surface area contributed by atoms with Crippen molar-refractivity contribution in [3.8, 4) is 5.75 Å². The Morgan fingerprint density at radius 2 is 2.21 bits per heavy atom. The summed E-state index contributed by atoms with van der Waals surface area (Å²) in [5.74, 6) is -0.280. The molecule has 5 rings (SSSR count). The lowest BCUT2D eigenvalue weighted by atomic mass is 9.99. The van der Waals surface area contributed by atoms with Gasteiger partial charge < -0.3 is 19.4 Å². The molecular weight excluding hydrogens is 482 g/mol. The van der Waals surface area contributed by atoms with Crippen molar-refractivity contribution >= 4 is 45.7 Å². The molecule has 1 N–H and O–H groups in total. The molecular formula is C24H21Cl2FN4O3. The number of nitrogens with zero attached hydrogens (tertiary/aromatic N) is 3. The van der Waals surface area contributed by atoms with E-state index in [9.17, 15) is 9.18 Å². The molecule has 1 saturated heterocycles. The van der Waals surface area contributed by atoms with Crippen LogP contribution in [0.25, 0.3) is 10.9 Å². The second-order valence-corrected chi connectivity index (χ2v) is 8.95. The third-order valence-electron chi connectivity index (χ3n) is 6.08.